The van der Waals surface area contributed by atoms with E-state index in [4.69, 9.17) is 4.42 Å². The molecule has 1 fully saturated rings. The highest BCUT2D eigenvalue weighted by molar-refractivity contribution is 7.09. The number of nitrogens with zero attached hydrogens (tertiary/aromatic N) is 1. The first kappa shape index (κ1) is 12.5. The van der Waals surface area contributed by atoms with Crippen molar-refractivity contribution in [1.29, 1.82) is 0 Å². The van der Waals surface area contributed by atoms with E-state index in [0.29, 0.717) is 12.3 Å². The molecule has 3 rings (SSSR count). The van der Waals surface area contributed by atoms with Crippen molar-refractivity contribution in [3.05, 3.63) is 46.5 Å². The van der Waals surface area contributed by atoms with Crippen LogP contribution < -0.4 is 0 Å². The summed E-state index contributed by atoms with van der Waals surface area (Å²) in [6, 6.07) is 8.04. The van der Waals surface area contributed by atoms with Crippen LogP contribution in [-0.4, -0.2) is 23.9 Å². The van der Waals surface area contributed by atoms with Crippen molar-refractivity contribution in [2.75, 3.05) is 13.1 Å². The summed E-state index contributed by atoms with van der Waals surface area (Å²) in [5.74, 6) is 1.65. The zero-order chi connectivity index (χ0) is 13.1. The SMILES string of the molecule is O=C(CCc1cccs1)N1CCC(c2ccco2)C1. The fraction of sp³-hybridized carbons (Fsp3) is 0.400. The number of aryl methyl sites for hydroxylation is 1. The molecule has 1 unspecified atom stereocenters. The van der Waals surface area contributed by atoms with E-state index in [9.17, 15) is 4.79 Å². The molecule has 1 amide bonds. The maximum absolute atomic E-state index is 12.2. The van der Waals surface area contributed by atoms with Gasteiger partial charge in [0, 0.05) is 30.3 Å². The topological polar surface area (TPSA) is 33.5 Å². The Morgan fingerprint density at radius 1 is 1.42 bits per heavy atom. The number of likely N-dealkylation sites (tertiary alicyclic amines) is 1. The van der Waals surface area contributed by atoms with Gasteiger partial charge in [-0.25, -0.2) is 0 Å². The molecule has 0 spiro atoms. The van der Waals surface area contributed by atoms with Crippen molar-refractivity contribution in [3.63, 3.8) is 0 Å². The van der Waals surface area contributed by atoms with Crippen LogP contribution in [0.1, 0.15) is 29.4 Å². The van der Waals surface area contributed by atoms with Crippen LogP contribution in [0.15, 0.2) is 40.3 Å². The van der Waals surface area contributed by atoms with Gasteiger partial charge in [0.05, 0.1) is 6.26 Å². The Labute approximate surface area is 116 Å². The molecule has 3 nitrogen and oxygen atoms in total. The molecule has 2 aromatic rings. The van der Waals surface area contributed by atoms with E-state index in [1.165, 1.54) is 4.88 Å². The summed E-state index contributed by atoms with van der Waals surface area (Å²) in [7, 11) is 0. The van der Waals surface area contributed by atoms with E-state index in [1.54, 1.807) is 17.6 Å². The molecular weight excluding hydrogens is 258 g/mol. The second kappa shape index (κ2) is 5.61. The maximum atomic E-state index is 12.2. The van der Waals surface area contributed by atoms with Crippen molar-refractivity contribution in [2.24, 2.45) is 0 Å². The Kier molecular flexibility index (Phi) is 3.69. The van der Waals surface area contributed by atoms with Gasteiger partial charge in [-0.2, -0.15) is 0 Å². The van der Waals surface area contributed by atoms with E-state index in [0.717, 1.165) is 31.7 Å². The van der Waals surface area contributed by atoms with Crippen molar-refractivity contribution in [2.45, 2.75) is 25.2 Å². The van der Waals surface area contributed by atoms with E-state index in [2.05, 4.69) is 11.4 Å². The Morgan fingerprint density at radius 3 is 3.11 bits per heavy atom. The van der Waals surface area contributed by atoms with Crippen LogP contribution in [0, 0.1) is 0 Å². The van der Waals surface area contributed by atoms with Crippen LogP contribution in [0.5, 0.6) is 0 Å². The number of hydrogen-bond donors (Lipinski definition) is 0. The third-order valence-electron chi connectivity index (χ3n) is 3.65. The molecule has 0 aromatic carbocycles. The first-order chi connectivity index (χ1) is 9.33. The van der Waals surface area contributed by atoms with Gasteiger partial charge in [-0.3, -0.25) is 4.79 Å². The number of carbonyl (C=O) groups excluding carboxylic acids is 1. The molecule has 1 atom stereocenters. The first-order valence-electron chi connectivity index (χ1n) is 6.66. The van der Waals surface area contributed by atoms with Crippen LogP contribution in [0.25, 0.3) is 0 Å². The summed E-state index contributed by atoms with van der Waals surface area (Å²) in [5, 5.41) is 2.06. The Bertz CT molecular complexity index is 518. The average Bonchev–Trinajstić information content (AvgIpc) is 3.14. The van der Waals surface area contributed by atoms with Crippen LogP contribution in [0.2, 0.25) is 0 Å². The predicted octanol–water partition coefficient (Wildman–Crippen LogP) is 3.29. The molecule has 0 radical (unpaired) electrons. The van der Waals surface area contributed by atoms with Crippen LogP contribution in [-0.2, 0) is 11.2 Å². The molecule has 19 heavy (non-hydrogen) atoms. The average molecular weight is 275 g/mol. The van der Waals surface area contributed by atoms with Gasteiger partial charge in [-0.15, -0.1) is 11.3 Å². The number of amides is 1. The van der Waals surface area contributed by atoms with Crippen LogP contribution in [0.4, 0.5) is 0 Å². The molecule has 0 saturated carbocycles. The molecule has 0 bridgehead atoms. The predicted molar refractivity (Wildman–Crippen MR) is 75.3 cm³/mol. The minimum absolute atomic E-state index is 0.266. The minimum atomic E-state index is 0.266. The lowest BCUT2D eigenvalue weighted by molar-refractivity contribution is -0.130. The first-order valence-corrected chi connectivity index (χ1v) is 7.54. The summed E-state index contributed by atoms with van der Waals surface area (Å²) >= 11 is 1.72. The van der Waals surface area contributed by atoms with E-state index in [-0.39, 0.29) is 5.91 Å². The number of thiophene rings is 1. The molecule has 3 heterocycles. The van der Waals surface area contributed by atoms with Gasteiger partial charge < -0.3 is 9.32 Å². The van der Waals surface area contributed by atoms with E-state index >= 15 is 0 Å². The number of furan rings is 1. The lowest BCUT2D eigenvalue weighted by atomic mass is 10.1. The third-order valence-corrected chi connectivity index (χ3v) is 4.59. The monoisotopic (exact) mass is 275 g/mol. The second-order valence-corrected chi connectivity index (χ2v) is 5.95. The zero-order valence-electron chi connectivity index (χ0n) is 10.7. The smallest absolute Gasteiger partial charge is 0.222 e. The minimum Gasteiger partial charge on any atom is -0.469 e. The highest BCUT2D eigenvalue weighted by atomic mass is 32.1. The summed E-state index contributed by atoms with van der Waals surface area (Å²) < 4.78 is 5.43. The van der Waals surface area contributed by atoms with Gasteiger partial charge >= 0.3 is 0 Å². The molecule has 4 heteroatoms. The Balaban J connectivity index is 1.51. The third kappa shape index (κ3) is 2.89. The summed E-state index contributed by atoms with van der Waals surface area (Å²) in [6.07, 6.45) is 4.19. The van der Waals surface area contributed by atoms with Gasteiger partial charge in [-0.05, 0) is 36.4 Å². The second-order valence-electron chi connectivity index (χ2n) is 4.92. The van der Waals surface area contributed by atoms with Gasteiger partial charge in [0.2, 0.25) is 5.91 Å². The molecule has 1 aliphatic rings. The highest BCUT2D eigenvalue weighted by Crippen LogP contribution is 2.28. The summed E-state index contributed by atoms with van der Waals surface area (Å²) in [6.45, 7) is 1.66. The zero-order valence-corrected chi connectivity index (χ0v) is 11.6. The quantitative estimate of drug-likeness (QED) is 0.858. The Morgan fingerprint density at radius 2 is 2.37 bits per heavy atom. The van der Waals surface area contributed by atoms with Crippen LogP contribution >= 0.6 is 11.3 Å². The largest absolute Gasteiger partial charge is 0.469 e. The van der Waals surface area contributed by atoms with Crippen LogP contribution in [0.3, 0.4) is 0 Å². The maximum Gasteiger partial charge on any atom is 0.222 e. The number of rotatable bonds is 4. The lowest BCUT2D eigenvalue weighted by Gasteiger charge is -2.15. The molecule has 100 valence electrons. The highest BCUT2D eigenvalue weighted by Gasteiger charge is 2.28. The molecule has 0 N–H and O–H groups in total. The molecule has 1 aliphatic heterocycles. The number of carbonyl (C=O) groups is 1. The molecular formula is C15H17NO2S. The van der Waals surface area contributed by atoms with Crippen molar-refractivity contribution in [1.82, 2.24) is 4.90 Å². The fourth-order valence-corrected chi connectivity index (χ4v) is 3.29. The van der Waals surface area contributed by atoms with E-state index in [1.807, 2.05) is 23.1 Å². The van der Waals surface area contributed by atoms with Gasteiger partial charge in [-0.1, -0.05) is 6.07 Å². The number of hydrogen-bond acceptors (Lipinski definition) is 3. The van der Waals surface area contributed by atoms with Crippen molar-refractivity contribution in [3.8, 4) is 0 Å². The van der Waals surface area contributed by atoms with Crippen molar-refractivity contribution < 1.29 is 9.21 Å². The van der Waals surface area contributed by atoms with Crippen molar-refractivity contribution >= 4 is 17.2 Å². The van der Waals surface area contributed by atoms with Gasteiger partial charge in [0.25, 0.3) is 0 Å². The summed E-state index contributed by atoms with van der Waals surface area (Å²) in [5.41, 5.74) is 0. The normalized spacial score (nSPS) is 18.9. The molecule has 1 saturated heterocycles. The van der Waals surface area contributed by atoms with E-state index < -0.39 is 0 Å². The summed E-state index contributed by atoms with van der Waals surface area (Å²) in [4.78, 5) is 15.4. The lowest BCUT2D eigenvalue weighted by Crippen LogP contribution is -2.28. The fourth-order valence-electron chi connectivity index (χ4n) is 2.59. The molecule has 0 aliphatic carbocycles. The van der Waals surface area contributed by atoms with Gasteiger partial charge in [0.15, 0.2) is 0 Å². The standard InChI is InChI=1S/C15H17NO2S/c17-15(6-5-13-3-2-10-19-13)16-8-7-12(11-16)14-4-1-9-18-14/h1-4,9-10,12H,5-8,11H2. The molecule has 2 aromatic heterocycles. The van der Waals surface area contributed by atoms with Gasteiger partial charge in [0.1, 0.15) is 5.76 Å². The Hall–Kier alpha value is -1.55.